The van der Waals surface area contributed by atoms with E-state index in [1.807, 2.05) is 11.0 Å². The first kappa shape index (κ1) is 29.7. The molecule has 3 aliphatic heterocycles. The summed E-state index contributed by atoms with van der Waals surface area (Å²) in [6, 6.07) is 3.65. The van der Waals surface area contributed by atoms with Gasteiger partial charge in [0.05, 0.1) is 25.9 Å². The minimum atomic E-state index is -1.60. The summed E-state index contributed by atoms with van der Waals surface area (Å²) in [4.78, 5) is 19.1. The average molecular weight is 574 g/mol. The number of hydrogen-bond donors (Lipinski definition) is 2. The molecule has 0 spiro atoms. The molecule has 224 valence electrons. The first-order chi connectivity index (χ1) is 19.6. The SMILES string of the molecule is COc1cc(CCCCO[C@@H]2CCN([C@@H](C(=O)O)c3cc(F)cc4c3CC(C(C)(C)F)OC4)C2)nc2c1CCCN2. The monoisotopic (exact) mass is 573 g/mol. The Morgan fingerprint density at radius 3 is 2.88 bits per heavy atom. The summed E-state index contributed by atoms with van der Waals surface area (Å²) in [5.74, 6) is 0.254. The number of anilines is 1. The molecule has 10 heteroatoms. The normalized spacial score (nSPS) is 21.6. The first-order valence-electron chi connectivity index (χ1n) is 14.6. The molecule has 5 rings (SSSR count). The van der Waals surface area contributed by atoms with E-state index < -0.39 is 29.6 Å². The quantitative estimate of drug-likeness (QED) is 0.362. The second-order valence-electron chi connectivity index (χ2n) is 11.8. The topological polar surface area (TPSA) is 93.2 Å². The maximum absolute atomic E-state index is 14.7. The smallest absolute Gasteiger partial charge is 0.325 e. The Kier molecular flexibility index (Phi) is 9.11. The zero-order valence-electron chi connectivity index (χ0n) is 24.2. The lowest BCUT2D eigenvalue weighted by molar-refractivity contribution is -0.143. The Balaban J connectivity index is 1.17. The minimum Gasteiger partial charge on any atom is -0.496 e. The first-order valence-corrected chi connectivity index (χ1v) is 14.6. The van der Waals surface area contributed by atoms with Crippen LogP contribution in [-0.4, -0.2) is 72.2 Å². The molecule has 1 saturated heterocycles. The van der Waals surface area contributed by atoms with Gasteiger partial charge in [0.1, 0.15) is 29.1 Å². The highest BCUT2D eigenvalue weighted by atomic mass is 19.1. The molecule has 0 amide bonds. The third kappa shape index (κ3) is 6.81. The lowest BCUT2D eigenvalue weighted by atomic mass is 9.86. The van der Waals surface area contributed by atoms with Crippen LogP contribution in [-0.2, 0) is 40.1 Å². The second-order valence-corrected chi connectivity index (χ2v) is 11.8. The summed E-state index contributed by atoms with van der Waals surface area (Å²) in [7, 11) is 1.70. The molecule has 1 aromatic heterocycles. The van der Waals surface area contributed by atoms with Gasteiger partial charge in [0.25, 0.3) is 0 Å². The number of halogens is 2. The van der Waals surface area contributed by atoms with Gasteiger partial charge in [-0.05, 0) is 81.2 Å². The fourth-order valence-corrected chi connectivity index (χ4v) is 6.25. The van der Waals surface area contributed by atoms with E-state index in [4.69, 9.17) is 19.2 Å². The van der Waals surface area contributed by atoms with Crippen molar-refractivity contribution in [3.8, 4) is 5.75 Å². The number of carbonyl (C=O) groups is 1. The second kappa shape index (κ2) is 12.6. The largest absolute Gasteiger partial charge is 0.496 e. The third-order valence-electron chi connectivity index (χ3n) is 8.44. The highest BCUT2D eigenvalue weighted by Crippen LogP contribution is 2.37. The van der Waals surface area contributed by atoms with E-state index in [9.17, 15) is 18.7 Å². The number of unbranched alkanes of at least 4 members (excludes halogenated alkanes) is 1. The van der Waals surface area contributed by atoms with Crippen molar-refractivity contribution >= 4 is 11.8 Å². The lowest BCUT2D eigenvalue weighted by Gasteiger charge is -2.35. The van der Waals surface area contributed by atoms with Gasteiger partial charge in [-0.2, -0.15) is 0 Å². The van der Waals surface area contributed by atoms with Crippen LogP contribution >= 0.6 is 0 Å². The Morgan fingerprint density at radius 2 is 2.12 bits per heavy atom. The number of fused-ring (bicyclic) bond motifs is 2. The summed E-state index contributed by atoms with van der Waals surface area (Å²) >= 11 is 0. The van der Waals surface area contributed by atoms with Gasteiger partial charge in [0.2, 0.25) is 0 Å². The van der Waals surface area contributed by atoms with Gasteiger partial charge in [0.15, 0.2) is 0 Å². The van der Waals surface area contributed by atoms with Gasteiger partial charge in [-0.25, -0.2) is 13.8 Å². The van der Waals surface area contributed by atoms with Gasteiger partial charge in [-0.15, -0.1) is 0 Å². The third-order valence-corrected chi connectivity index (χ3v) is 8.44. The number of ether oxygens (including phenoxy) is 3. The molecule has 0 aliphatic carbocycles. The number of rotatable bonds is 11. The van der Waals surface area contributed by atoms with Crippen LogP contribution in [0.15, 0.2) is 18.2 Å². The van der Waals surface area contributed by atoms with Crippen LogP contribution in [0.5, 0.6) is 5.75 Å². The number of carboxylic acids is 1. The van der Waals surface area contributed by atoms with E-state index in [0.717, 1.165) is 61.5 Å². The number of alkyl halides is 1. The molecule has 8 nitrogen and oxygen atoms in total. The van der Waals surface area contributed by atoms with Gasteiger partial charge in [0, 0.05) is 50.0 Å². The van der Waals surface area contributed by atoms with E-state index in [2.05, 4.69) is 5.32 Å². The average Bonchev–Trinajstić information content (AvgIpc) is 3.39. The van der Waals surface area contributed by atoms with Gasteiger partial charge in [-0.3, -0.25) is 9.69 Å². The van der Waals surface area contributed by atoms with E-state index in [0.29, 0.717) is 42.8 Å². The number of aliphatic carboxylic acids is 1. The van der Waals surface area contributed by atoms with Crippen molar-refractivity contribution in [3.05, 3.63) is 52.0 Å². The van der Waals surface area contributed by atoms with Crippen molar-refractivity contribution in [2.24, 2.45) is 0 Å². The molecule has 0 saturated carbocycles. The van der Waals surface area contributed by atoms with Crippen LogP contribution in [0.2, 0.25) is 0 Å². The highest BCUT2D eigenvalue weighted by Gasteiger charge is 2.40. The molecule has 1 aromatic carbocycles. The zero-order chi connectivity index (χ0) is 29.1. The fourth-order valence-electron chi connectivity index (χ4n) is 6.25. The predicted molar refractivity (Wildman–Crippen MR) is 151 cm³/mol. The number of aromatic nitrogens is 1. The van der Waals surface area contributed by atoms with Crippen molar-refractivity contribution in [2.75, 3.05) is 38.7 Å². The number of pyridine rings is 1. The molecular weight excluding hydrogens is 532 g/mol. The van der Waals surface area contributed by atoms with Crippen molar-refractivity contribution < 1.29 is 32.9 Å². The van der Waals surface area contributed by atoms with Crippen molar-refractivity contribution in [1.29, 1.82) is 0 Å². The molecule has 3 aliphatic rings. The van der Waals surface area contributed by atoms with Crippen LogP contribution in [0.1, 0.15) is 73.5 Å². The Labute approximate surface area is 240 Å². The molecule has 2 N–H and O–H groups in total. The van der Waals surface area contributed by atoms with Crippen LogP contribution < -0.4 is 10.1 Å². The zero-order valence-corrected chi connectivity index (χ0v) is 24.2. The molecule has 4 heterocycles. The van der Waals surface area contributed by atoms with Crippen LogP contribution in [0.3, 0.4) is 0 Å². The molecule has 41 heavy (non-hydrogen) atoms. The fraction of sp³-hybridized carbons (Fsp3) is 0.613. The number of likely N-dealkylation sites (tertiary alicyclic amines) is 1. The standard InChI is InChI=1S/C31H41F2N3O5/c1-31(2,33)27-16-24-19(18-41-27)13-20(32)14-25(24)28(30(37)38)36-11-9-22(17-36)40-12-5-4-7-21-15-26(39-3)23-8-6-10-34-29(23)35-21/h13-15,22,27-28H,4-12,16-18H2,1-3H3,(H,34,35)(H,37,38)/t22-,27?,28-/m1/s1. The molecule has 1 fully saturated rings. The maximum atomic E-state index is 14.7. The molecule has 3 atom stereocenters. The van der Waals surface area contributed by atoms with Gasteiger partial charge < -0.3 is 24.6 Å². The number of carboxylic acid groups (broad SMARTS) is 1. The number of aryl methyl sites for hydroxylation is 1. The summed E-state index contributed by atoms with van der Waals surface area (Å²) in [5, 5.41) is 13.6. The molecular formula is C31H41F2N3O5. The van der Waals surface area contributed by atoms with Crippen LogP contribution in [0, 0.1) is 5.82 Å². The Hall–Kier alpha value is -2.82. The van der Waals surface area contributed by atoms with E-state index in [1.165, 1.54) is 26.0 Å². The van der Waals surface area contributed by atoms with Crippen LogP contribution in [0.4, 0.5) is 14.6 Å². The number of nitrogens with one attached hydrogen (secondary N) is 1. The number of methoxy groups -OCH3 is 1. The van der Waals surface area contributed by atoms with Crippen molar-refractivity contribution in [2.45, 2.75) is 89.3 Å². The molecule has 0 bridgehead atoms. The van der Waals surface area contributed by atoms with Crippen molar-refractivity contribution in [3.63, 3.8) is 0 Å². The summed E-state index contributed by atoms with van der Waals surface area (Å²) in [6.07, 6.45) is 4.69. The highest BCUT2D eigenvalue weighted by molar-refractivity contribution is 5.76. The summed E-state index contributed by atoms with van der Waals surface area (Å²) < 4.78 is 46.7. The van der Waals surface area contributed by atoms with Gasteiger partial charge >= 0.3 is 5.97 Å². The molecule has 2 aromatic rings. The molecule has 1 unspecified atom stereocenters. The Bertz CT molecular complexity index is 1230. The minimum absolute atomic E-state index is 0.0560. The van der Waals surface area contributed by atoms with Crippen LogP contribution in [0.25, 0.3) is 0 Å². The lowest BCUT2D eigenvalue weighted by Crippen LogP contribution is -2.40. The maximum Gasteiger partial charge on any atom is 0.325 e. The van der Waals surface area contributed by atoms with E-state index >= 15 is 0 Å². The predicted octanol–water partition coefficient (Wildman–Crippen LogP) is 5.02. The van der Waals surface area contributed by atoms with Crippen molar-refractivity contribution in [1.82, 2.24) is 9.88 Å². The number of hydrogen-bond acceptors (Lipinski definition) is 7. The number of nitrogens with zero attached hydrogens (tertiary/aromatic N) is 2. The summed E-state index contributed by atoms with van der Waals surface area (Å²) in [5.41, 5.74) is 2.18. The molecule has 0 radical (unpaired) electrons. The Morgan fingerprint density at radius 1 is 1.29 bits per heavy atom. The van der Waals surface area contributed by atoms with E-state index in [-0.39, 0.29) is 19.1 Å². The van der Waals surface area contributed by atoms with Gasteiger partial charge in [-0.1, -0.05) is 0 Å². The van der Waals surface area contributed by atoms with E-state index in [1.54, 1.807) is 7.11 Å². The number of benzene rings is 1. The summed E-state index contributed by atoms with van der Waals surface area (Å²) in [6.45, 7) is 5.39.